The minimum Gasteiger partial charge on any atom is -0.822 e. The van der Waals surface area contributed by atoms with Crippen LogP contribution in [0.3, 0.4) is 0 Å². The molecule has 19 heavy (non-hydrogen) atoms. The molecule has 0 aliphatic carbocycles. The third kappa shape index (κ3) is 9.56. The molecule has 12 nitrogen and oxygen atoms in total. The first-order valence-corrected chi connectivity index (χ1v) is 7.39. The van der Waals surface area contributed by atoms with E-state index in [0.29, 0.717) is 0 Å². The van der Waals surface area contributed by atoms with Crippen molar-refractivity contribution in [2.75, 3.05) is 0 Å². The van der Waals surface area contributed by atoms with Crippen LogP contribution in [0.1, 0.15) is 0 Å². The number of phosphoric ester groups is 2. The molecule has 2 fully saturated rings. The second-order valence-corrected chi connectivity index (χ2v) is 5.62. The Labute approximate surface area is 138 Å². The minimum atomic E-state index is -5.39. The largest absolute Gasteiger partial charge is 2.00 e. The minimum absolute atomic E-state index is 0. The summed E-state index contributed by atoms with van der Waals surface area (Å²) in [7, 11) is -14.1. The summed E-state index contributed by atoms with van der Waals surface area (Å²) in [6.45, 7) is 0. The third-order valence-electron chi connectivity index (χ3n) is 0.894. The van der Waals surface area contributed by atoms with Gasteiger partial charge in [0.25, 0.3) is 15.6 Å². The van der Waals surface area contributed by atoms with Gasteiger partial charge in [0.1, 0.15) is 0 Å². The normalized spacial score (nSPS) is 39.0. The van der Waals surface area contributed by atoms with Crippen molar-refractivity contribution >= 4 is 23.5 Å². The molecule has 2 saturated heterocycles. The summed E-state index contributed by atoms with van der Waals surface area (Å²) in [4.78, 5) is 45.9. The average Bonchev–Trinajstić information content (AvgIpc) is 1.71. The summed E-state index contributed by atoms with van der Waals surface area (Å²) in [6.07, 6.45) is -2.34. The van der Waals surface area contributed by atoms with Gasteiger partial charge in [-0.3, -0.25) is 9.13 Å². The van der Waals surface area contributed by atoms with E-state index >= 15 is 0 Å². The molecule has 18 heteroatoms. The summed E-state index contributed by atoms with van der Waals surface area (Å²) in [5.74, 6) is 0. The van der Waals surface area contributed by atoms with E-state index in [2.05, 4.69) is 18.1 Å². The monoisotopic (exact) mass is 415 g/mol. The van der Waals surface area contributed by atoms with Crippen molar-refractivity contribution in [1.82, 2.24) is 0 Å². The first kappa shape index (κ1) is 25.9. The molecule has 2 aliphatic heterocycles. The fourth-order valence-corrected chi connectivity index (χ4v) is 2.28. The summed E-state index contributed by atoms with van der Waals surface area (Å²) < 4.78 is 44.2. The average molecular weight is 415 g/mol. The van der Waals surface area contributed by atoms with Crippen molar-refractivity contribution < 1.29 is 109 Å². The van der Waals surface area contributed by atoms with Crippen LogP contribution >= 0.6 is 23.5 Å². The SMILES string of the molecule is O=P([O-])([O-])[O-].O=P1([O-])OC2(O1)OP(=O)([O-])O2.[Fe+2].[Li+].[Mn+2]. The van der Waals surface area contributed by atoms with E-state index in [1.54, 1.807) is 0 Å². The van der Waals surface area contributed by atoms with Crippen molar-refractivity contribution in [3.63, 3.8) is 0 Å². The number of hydrogen-bond acceptors (Lipinski definition) is 12. The predicted molar refractivity (Wildman–Crippen MR) is 29.9 cm³/mol. The Balaban J connectivity index is -0.000000286. The number of phosphoric acid groups is 3. The van der Waals surface area contributed by atoms with E-state index in [4.69, 9.17) is 19.2 Å². The summed E-state index contributed by atoms with van der Waals surface area (Å²) in [5, 5.41) is 0. The Hall–Kier alpha value is 1.97. The van der Waals surface area contributed by atoms with Gasteiger partial charge in [0.05, 0.1) is 0 Å². The maximum Gasteiger partial charge on any atom is 2.00 e. The molecule has 0 amide bonds. The molecule has 1 radical (unpaired) electrons. The Morgan fingerprint density at radius 1 is 0.895 bits per heavy atom. The Kier molecular flexibility index (Phi) is 10.9. The van der Waals surface area contributed by atoms with E-state index in [1.165, 1.54) is 0 Å². The molecule has 107 valence electrons. The van der Waals surface area contributed by atoms with Crippen LogP contribution in [0.25, 0.3) is 0 Å². The molecule has 0 unspecified atom stereocenters. The van der Waals surface area contributed by atoms with Gasteiger partial charge >= 0.3 is 59.2 Å². The molecule has 0 saturated carbocycles. The van der Waals surface area contributed by atoms with E-state index in [-0.39, 0.29) is 53.0 Å². The quantitative estimate of drug-likeness (QED) is 0.268. The van der Waals surface area contributed by atoms with Crippen LogP contribution < -0.4 is 43.3 Å². The molecule has 0 atom stereocenters. The molecule has 2 aliphatic rings. The molecule has 1 spiro atoms. The van der Waals surface area contributed by atoms with Gasteiger partial charge in [-0.25, -0.2) is 18.1 Å². The fourth-order valence-electron chi connectivity index (χ4n) is 0.628. The first-order chi connectivity index (χ1) is 6.83. The fraction of sp³-hybridized carbons (Fsp3) is 1.00. The van der Waals surface area contributed by atoms with Crippen molar-refractivity contribution in [3.05, 3.63) is 0 Å². The van der Waals surface area contributed by atoms with E-state index in [1.807, 2.05) is 0 Å². The molecule has 0 aromatic rings. The van der Waals surface area contributed by atoms with Gasteiger partial charge in [-0.15, -0.1) is 0 Å². The predicted octanol–water partition coefficient (Wildman–Crippen LogP) is -7.20. The molecule has 0 aromatic heterocycles. The van der Waals surface area contributed by atoms with Crippen LogP contribution in [-0.4, -0.2) is 6.16 Å². The maximum atomic E-state index is 10.1. The molecule has 2 rings (SSSR count). The second kappa shape index (κ2) is 8.00. The van der Waals surface area contributed by atoms with Gasteiger partial charge in [0, 0.05) is 0 Å². The Morgan fingerprint density at radius 3 is 1.16 bits per heavy atom. The van der Waals surface area contributed by atoms with Gasteiger partial charge in [-0.2, -0.15) is 7.82 Å². The van der Waals surface area contributed by atoms with Crippen LogP contribution in [0.2, 0.25) is 0 Å². The smallest absolute Gasteiger partial charge is 0.822 e. The molecule has 0 aromatic carbocycles. The van der Waals surface area contributed by atoms with Gasteiger partial charge in [0.15, 0.2) is 0 Å². The molecule has 0 bridgehead atoms. The first-order valence-electron chi connectivity index (χ1n) is 3.01. The second-order valence-electron chi connectivity index (χ2n) is 2.21. The molecule has 2 heterocycles. The van der Waals surface area contributed by atoms with Crippen LogP contribution in [0.15, 0.2) is 0 Å². The summed E-state index contributed by atoms with van der Waals surface area (Å²) >= 11 is 0. The maximum absolute atomic E-state index is 10.1. The molecular weight excluding hydrogens is 415 g/mol. The van der Waals surface area contributed by atoms with Crippen LogP contribution in [0, 0.1) is 0 Å². The number of rotatable bonds is 0. The zero-order valence-corrected chi connectivity index (χ0v) is 13.4. The van der Waals surface area contributed by atoms with Crippen molar-refractivity contribution in [2.24, 2.45) is 0 Å². The van der Waals surface area contributed by atoms with Crippen molar-refractivity contribution in [2.45, 2.75) is 6.16 Å². The van der Waals surface area contributed by atoms with E-state index < -0.39 is 29.6 Å². The topological polar surface area (TPSA) is 203 Å². The molecular formula is CFeLiMnO12P3. The van der Waals surface area contributed by atoms with E-state index in [9.17, 15) is 18.9 Å². The summed E-state index contributed by atoms with van der Waals surface area (Å²) in [6, 6.07) is 0. The Bertz CT molecular complexity index is 371. The van der Waals surface area contributed by atoms with Gasteiger partial charge in [-0.1, -0.05) is 0 Å². The van der Waals surface area contributed by atoms with Crippen LogP contribution in [-0.2, 0) is 65.9 Å². The van der Waals surface area contributed by atoms with Gasteiger partial charge in [-0.05, 0) is 0 Å². The van der Waals surface area contributed by atoms with E-state index in [0.717, 1.165) is 0 Å². The standard InChI is InChI=1S/CH2O8P2.Fe.Li.Mn.H3O4P/c2-10(3)6-1(7-10)8-11(4,5)9-1;;;;1-5(2,3)4/h(H,2,3)(H,4,5);;;;(H3,1,2,3,4)/q;+2;+1;+2;/p-5. The zero-order valence-electron chi connectivity index (χ0n) is 8.47. The van der Waals surface area contributed by atoms with Gasteiger partial charge in [0.2, 0.25) is 0 Å². The molecule has 0 N–H and O–H groups in total. The van der Waals surface area contributed by atoms with Crippen molar-refractivity contribution in [3.8, 4) is 0 Å². The number of hydrogen-bond donors (Lipinski definition) is 0. The van der Waals surface area contributed by atoms with Crippen LogP contribution in [0.4, 0.5) is 0 Å². The summed E-state index contributed by atoms with van der Waals surface area (Å²) in [5.41, 5.74) is 0. The van der Waals surface area contributed by atoms with Gasteiger partial charge < -0.3 is 29.0 Å². The zero-order chi connectivity index (χ0) is 12.8. The van der Waals surface area contributed by atoms with Crippen molar-refractivity contribution in [1.29, 1.82) is 0 Å². The Morgan fingerprint density at radius 2 is 1.05 bits per heavy atom. The van der Waals surface area contributed by atoms with Crippen LogP contribution in [0.5, 0.6) is 0 Å². The third-order valence-corrected chi connectivity index (χ3v) is 2.68.